The quantitative estimate of drug-likeness (QED) is 0.671. The number of hydrogen-bond acceptors (Lipinski definition) is 2. The molecule has 1 saturated carbocycles. The van der Waals surface area contributed by atoms with E-state index < -0.39 is 0 Å². The fraction of sp³-hybridized carbons (Fsp3) is 0.889. The molecule has 3 nitrogen and oxygen atoms in total. The van der Waals surface area contributed by atoms with Crippen molar-refractivity contribution in [3.8, 4) is 0 Å². The van der Waals surface area contributed by atoms with Gasteiger partial charge in [0.1, 0.15) is 0 Å². The Bertz CT molecular complexity index is 166. The molecular formula is C9H18N2O. The molecule has 0 aromatic heterocycles. The molecule has 0 heterocycles. The predicted octanol–water partition coefficient (Wildman–Crippen LogP) is 0.592. The molecule has 1 amide bonds. The van der Waals surface area contributed by atoms with Gasteiger partial charge in [-0.15, -0.1) is 0 Å². The second-order valence-electron chi connectivity index (χ2n) is 3.48. The number of nitrogens with two attached hydrogens (primary N) is 1. The molecule has 0 aliphatic heterocycles. The van der Waals surface area contributed by atoms with Gasteiger partial charge < -0.3 is 10.6 Å². The largest absolute Gasteiger partial charge is 0.339 e. The Hall–Kier alpha value is -0.570. The van der Waals surface area contributed by atoms with E-state index in [0.29, 0.717) is 18.4 Å². The van der Waals surface area contributed by atoms with Crippen molar-refractivity contribution in [1.82, 2.24) is 4.90 Å². The van der Waals surface area contributed by atoms with Crippen LogP contribution in [-0.4, -0.2) is 29.9 Å². The summed E-state index contributed by atoms with van der Waals surface area (Å²) in [5.74, 6) is 0.620. The zero-order chi connectivity index (χ0) is 9.14. The van der Waals surface area contributed by atoms with Crippen molar-refractivity contribution < 1.29 is 4.79 Å². The lowest BCUT2D eigenvalue weighted by molar-refractivity contribution is -0.134. The number of carbonyl (C=O) groups is 1. The summed E-state index contributed by atoms with van der Waals surface area (Å²) in [7, 11) is 0. The van der Waals surface area contributed by atoms with E-state index in [1.807, 2.05) is 18.7 Å². The molecule has 3 heteroatoms. The van der Waals surface area contributed by atoms with Crippen molar-refractivity contribution in [2.75, 3.05) is 13.1 Å². The average molecular weight is 170 g/mol. The highest BCUT2D eigenvalue weighted by atomic mass is 16.2. The average Bonchev–Trinajstić information content (AvgIpc) is 2.87. The van der Waals surface area contributed by atoms with Gasteiger partial charge in [0.15, 0.2) is 0 Å². The molecule has 1 atom stereocenters. The molecule has 1 fully saturated rings. The Balaban J connectivity index is 2.47. The summed E-state index contributed by atoms with van der Waals surface area (Å²) in [5.41, 5.74) is 5.51. The summed E-state index contributed by atoms with van der Waals surface area (Å²) in [5, 5.41) is 0. The van der Waals surface area contributed by atoms with E-state index in [4.69, 9.17) is 5.73 Å². The normalized spacial score (nSPS) is 18.9. The number of likely N-dealkylation sites (N-methyl/N-ethyl adjacent to an activating group) is 1. The maximum absolute atomic E-state index is 11.6. The highest BCUT2D eigenvalue weighted by Crippen LogP contribution is 2.31. The van der Waals surface area contributed by atoms with Crippen molar-refractivity contribution >= 4 is 5.91 Å². The molecular weight excluding hydrogens is 152 g/mol. The monoisotopic (exact) mass is 170 g/mol. The SMILES string of the molecule is CCN(C(=O)C1CC1)[C@@H](C)CN. The van der Waals surface area contributed by atoms with Gasteiger partial charge in [-0.2, -0.15) is 0 Å². The summed E-state index contributed by atoms with van der Waals surface area (Å²) < 4.78 is 0. The van der Waals surface area contributed by atoms with Gasteiger partial charge >= 0.3 is 0 Å². The smallest absolute Gasteiger partial charge is 0.225 e. The zero-order valence-electron chi connectivity index (χ0n) is 7.92. The molecule has 0 saturated heterocycles. The van der Waals surface area contributed by atoms with Crippen LogP contribution in [0.5, 0.6) is 0 Å². The third kappa shape index (κ3) is 1.97. The Morgan fingerprint density at radius 1 is 1.67 bits per heavy atom. The van der Waals surface area contributed by atoms with Crippen LogP contribution in [0.2, 0.25) is 0 Å². The molecule has 2 N–H and O–H groups in total. The number of carbonyl (C=O) groups excluding carboxylic acids is 1. The minimum Gasteiger partial charge on any atom is -0.339 e. The second-order valence-corrected chi connectivity index (χ2v) is 3.48. The van der Waals surface area contributed by atoms with Crippen LogP contribution in [-0.2, 0) is 4.79 Å². The zero-order valence-corrected chi connectivity index (χ0v) is 7.92. The highest BCUT2D eigenvalue weighted by molar-refractivity contribution is 5.81. The lowest BCUT2D eigenvalue weighted by Gasteiger charge is -2.27. The maximum Gasteiger partial charge on any atom is 0.225 e. The summed E-state index contributed by atoms with van der Waals surface area (Å²) in [6.45, 7) is 5.36. The summed E-state index contributed by atoms with van der Waals surface area (Å²) in [6, 6.07) is 0.197. The van der Waals surface area contributed by atoms with Gasteiger partial charge in [0.25, 0.3) is 0 Å². The number of nitrogens with zero attached hydrogens (tertiary/aromatic N) is 1. The summed E-state index contributed by atoms with van der Waals surface area (Å²) in [4.78, 5) is 13.5. The van der Waals surface area contributed by atoms with Crippen molar-refractivity contribution in [2.45, 2.75) is 32.7 Å². The van der Waals surface area contributed by atoms with Crippen molar-refractivity contribution in [2.24, 2.45) is 11.7 Å². The molecule has 0 bridgehead atoms. The van der Waals surface area contributed by atoms with Crippen LogP contribution in [0, 0.1) is 5.92 Å². The molecule has 0 unspecified atom stereocenters. The van der Waals surface area contributed by atoms with Gasteiger partial charge in [0.05, 0.1) is 0 Å². The van der Waals surface area contributed by atoms with Gasteiger partial charge in [-0.05, 0) is 26.7 Å². The lowest BCUT2D eigenvalue weighted by atomic mass is 10.2. The Kier molecular flexibility index (Phi) is 3.09. The van der Waals surface area contributed by atoms with Gasteiger partial charge in [-0.1, -0.05) is 0 Å². The third-order valence-electron chi connectivity index (χ3n) is 2.42. The van der Waals surface area contributed by atoms with E-state index in [9.17, 15) is 4.79 Å². The molecule has 0 radical (unpaired) electrons. The first-order chi connectivity index (χ1) is 5.70. The lowest BCUT2D eigenvalue weighted by Crippen LogP contribution is -2.43. The number of rotatable bonds is 4. The van der Waals surface area contributed by atoms with E-state index in [0.717, 1.165) is 19.4 Å². The van der Waals surface area contributed by atoms with Crippen LogP contribution >= 0.6 is 0 Å². The van der Waals surface area contributed by atoms with Gasteiger partial charge in [-0.3, -0.25) is 4.79 Å². The van der Waals surface area contributed by atoms with E-state index in [2.05, 4.69) is 0 Å². The van der Waals surface area contributed by atoms with Crippen LogP contribution in [0.15, 0.2) is 0 Å². The predicted molar refractivity (Wildman–Crippen MR) is 48.6 cm³/mol. The fourth-order valence-corrected chi connectivity index (χ4v) is 1.38. The van der Waals surface area contributed by atoms with Crippen LogP contribution in [0.1, 0.15) is 26.7 Å². The Labute approximate surface area is 73.9 Å². The molecule has 70 valence electrons. The Morgan fingerprint density at radius 2 is 2.25 bits per heavy atom. The van der Waals surface area contributed by atoms with Crippen LogP contribution < -0.4 is 5.73 Å². The topological polar surface area (TPSA) is 46.3 Å². The molecule has 1 aliphatic rings. The van der Waals surface area contributed by atoms with Crippen molar-refractivity contribution in [3.05, 3.63) is 0 Å². The molecule has 12 heavy (non-hydrogen) atoms. The van der Waals surface area contributed by atoms with Crippen LogP contribution in [0.25, 0.3) is 0 Å². The number of amides is 1. The van der Waals surface area contributed by atoms with Gasteiger partial charge in [-0.25, -0.2) is 0 Å². The second kappa shape index (κ2) is 3.90. The first-order valence-electron chi connectivity index (χ1n) is 4.71. The first-order valence-corrected chi connectivity index (χ1v) is 4.71. The molecule has 0 aromatic carbocycles. The van der Waals surface area contributed by atoms with Crippen LogP contribution in [0.3, 0.4) is 0 Å². The minimum atomic E-state index is 0.197. The molecule has 1 aliphatic carbocycles. The van der Waals surface area contributed by atoms with Crippen molar-refractivity contribution in [1.29, 1.82) is 0 Å². The summed E-state index contributed by atoms with van der Waals surface area (Å²) >= 11 is 0. The molecule has 0 spiro atoms. The highest BCUT2D eigenvalue weighted by Gasteiger charge is 2.34. The van der Waals surface area contributed by atoms with E-state index in [1.165, 1.54) is 0 Å². The molecule has 0 aromatic rings. The van der Waals surface area contributed by atoms with E-state index >= 15 is 0 Å². The van der Waals surface area contributed by atoms with Crippen molar-refractivity contribution in [3.63, 3.8) is 0 Å². The molecule has 1 rings (SSSR count). The standard InChI is InChI=1S/C9H18N2O/c1-3-11(7(2)6-10)9(12)8-4-5-8/h7-8H,3-6,10H2,1-2H3/t7-/m0/s1. The summed E-state index contributed by atoms with van der Waals surface area (Å²) in [6.07, 6.45) is 2.15. The first kappa shape index (κ1) is 9.52. The van der Waals surface area contributed by atoms with Gasteiger partial charge in [0.2, 0.25) is 5.91 Å². The number of hydrogen-bond donors (Lipinski definition) is 1. The van der Waals surface area contributed by atoms with Gasteiger partial charge in [0, 0.05) is 25.0 Å². The fourth-order valence-electron chi connectivity index (χ4n) is 1.38. The maximum atomic E-state index is 11.6. The van der Waals surface area contributed by atoms with Crippen LogP contribution in [0.4, 0.5) is 0 Å². The third-order valence-corrected chi connectivity index (χ3v) is 2.42. The minimum absolute atomic E-state index is 0.197. The van der Waals surface area contributed by atoms with E-state index in [1.54, 1.807) is 0 Å². The Morgan fingerprint density at radius 3 is 2.58 bits per heavy atom. The van der Waals surface area contributed by atoms with E-state index in [-0.39, 0.29) is 6.04 Å².